The van der Waals surface area contributed by atoms with Crippen molar-refractivity contribution in [1.29, 1.82) is 0 Å². The number of nitrogens with one attached hydrogen (secondary N) is 1. The fraction of sp³-hybridized carbons (Fsp3) is 0.0625. The number of alkyl halides is 3. The molecule has 0 saturated carbocycles. The van der Waals surface area contributed by atoms with Gasteiger partial charge in [-0.1, -0.05) is 6.07 Å². The Hall–Kier alpha value is -3.36. The fourth-order valence-electron chi connectivity index (χ4n) is 2.23. The molecule has 0 atom stereocenters. The van der Waals surface area contributed by atoms with Crippen LogP contribution in [0.1, 0.15) is 11.3 Å². The lowest BCUT2D eigenvalue weighted by Gasteiger charge is -2.26. The summed E-state index contributed by atoms with van der Waals surface area (Å²) in [7, 11) is 0. The third-order valence-corrected chi connectivity index (χ3v) is 3.36. The maximum absolute atomic E-state index is 12.8. The average Bonchev–Trinajstić information content (AvgIpc) is 3.04. The Kier molecular flexibility index (Phi) is 3.91. The molecule has 25 heavy (non-hydrogen) atoms. The van der Waals surface area contributed by atoms with E-state index < -0.39 is 35.2 Å². The van der Waals surface area contributed by atoms with E-state index in [0.29, 0.717) is 11.0 Å². The van der Waals surface area contributed by atoms with Gasteiger partial charge in [-0.05, 0) is 36.4 Å². The van der Waals surface area contributed by atoms with Gasteiger partial charge in [0.05, 0.1) is 17.5 Å². The molecule has 6 nitrogen and oxygen atoms in total. The van der Waals surface area contributed by atoms with Crippen LogP contribution in [0.15, 0.2) is 52.7 Å². The molecule has 1 fully saturated rings. The number of imide groups is 2. The first-order valence-corrected chi connectivity index (χ1v) is 6.89. The van der Waals surface area contributed by atoms with Crippen LogP contribution >= 0.6 is 0 Å². The topological polar surface area (TPSA) is 79.6 Å². The zero-order chi connectivity index (χ0) is 18.2. The van der Waals surface area contributed by atoms with Crippen LogP contribution in [0.4, 0.5) is 23.7 Å². The van der Waals surface area contributed by atoms with Gasteiger partial charge >= 0.3 is 12.2 Å². The number of nitrogens with zero attached hydrogens (tertiary/aromatic N) is 1. The number of carbonyl (C=O) groups excluding carboxylic acids is 3. The van der Waals surface area contributed by atoms with Crippen molar-refractivity contribution in [2.45, 2.75) is 6.18 Å². The first-order valence-electron chi connectivity index (χ1n) is 6.89. The van der Waals surface area contributed by atoms with Gasteiger partial charge in [0.25, 0.3) is 11.8 Å². The van der Waals surface area contributed by atoms with Gasteiger partial charge in [0.1, 0.15) is 11.3 Å². The van der Waals surface area contributed by atoms with Crippen LogP contribution in [0.2, 0.25) is 0 Å². The van der Waals surface area contributed by atoms with E-state index in [0.717, 1.165) is 24.3 Å². The number of barbiturate groups is 1. The van der Waals surface area contributed by atoms with Gasteiger partial charge in [-0.2, -0.15) is 13.2 Å². The smallest absolute Gasteiger partial charge is 0.416 e. The predicted molar refractivity (Wildman–Crippen MR) is 79.2 cm³/mol. The summed E-state index contributed by atoms with van der Waals surface area (Å²) in [5.41, 5.74) is -1.78. The summed E-state index contributed by atoms with van der Waals surface area (Å²) in [5.74, 6) is -1.84. The zero-order valence-corrected chi connectivity index (χ0v) is 12.3. The molecule has 0 spiro atoms. The van der Waals surface area contributed by atoms with E-state index in [1.165, 1.54) is 18.4 Å². The number of hydrogen-bond acceptors (Lipinski definition) is 4. The number of urea groups is 1. The van der Waals surface area contributed by atoms with Crippen LogP contribution in [0, 0.1) is 0 Å². The Balaban J connectivity index is 2.03. The minimum Gasteiger partial charge on any atom is -0.465 e. The third-order valence-electron chi connectivity index (χ3n) is 3.36. The normalized spacial score (nSPS) is 17.2. The SMILES string of the molecule is O=C1NC(=O)N(c2cccc(C(F)(F)F)c2)C(=O)/C1=C\c1ccco1. The summed E-state index contributed by atoms with van der Waals surface area (Å²) >= 11 is 0. The lowest BCUT2D eigenvalue weighted by atomic mass is 10.1. The highest BCUT2D eigenvalue weighted by Crippen LogP contribution is 2.32. The highest BCUT2D eigenvalue weighted by molar-refractivity contribution is 6.39. The quantitative estimate of drug-likeness (QED) is 0.667. The third kappa shape index (κ3) is 3.16. The summed E-state index contributed by atoms with van der Waals surface area (Å²) in [6.45, 7) is 0. The van der Waals surface area contributed by atoms with Crippen molar-refractivity contribution in [2.24, 2.45) is 0 Å². The molecule has 0 aliphatic carbocycles. The molecule has 3 rings (SSSR count). The number of carbonyl (C=O) groups is 3. The van der Waals surface area contributed by atoms with E-state index in [1.807, 2.05) is 5.32 Å². The molecule has 2 aromatic rings. The molecule has 1 aliphatic heterocycles. The molecule has 2 heterocycles. The second-order valence-corrected chi connectivity index (χ2v) is 5.02. The minimum atomic E-state index is -4.64. The number of hydrogen-bond donors (Lipinski definition) is 1. The highest BCUT2D eigenvalue weighted by atomic mass is 19.4. The van der Waals surface area contributed by atoms with Crippen molar-refractivity contribution in [3.63, 3.8) is 0 Å². The van der Waals surface area contributed by atoms with E-state index in [4.69, 9.17) is 4.42 Å². The number of anilines is 1. The Labute approximate surface area is 138 Å². The van der Waals surface area contributed by atoms with Gasteiger partial charge < -0.3 is 4.42 Å². The molecule has 0 bridgehead atoms. The van der Waals surface area contributed by atoms with Gasteiger partial charge in [0.2, 0.25) is 0 Å². The molecule has 1 N–H and O–H groups in total. The maximum Gasteiger partial charge on any atom is 0.416 e. The first kappa shape index (κ1) is 16.5. The number of furan rings is 1. The lowest BCUT2D eigenvalue weighted by Crippen LogP contribution is -2.54. The van der Waals surface area contributed by atoms with Crippen LogP contribution in [0.5, 0.6) is 0 Å². The van der Waals surface area contributed by atoms with Crippen molar-refractivity contribution in [2.75, 3.05) is 4.90 Å². The van der Waals surface area contributed by atoms with Gasteiger partial charge in [-0.25, -0.2) is 9.69 Å². The molecule has 9 heteroatoms. The minimum absolute atomic E-state index is 0.178. The molecular formula is C16H9F3N2O4. The molecule has 4 amide bonds. The van der Waals surface area contributed by atoms with E-state index >= 15 is 0 Å². The second kappa shape index (κ2) is 5.93. The molecule has 0 radical (unpaired) electrons. The van der Waals surface area contributed by atoms with Crippen LogP contribution < -0.4 is 10.2 Å². The average molecular weight is 350 g/mol. The van der Waals surface area contributed by atoms with E-state index in [-0.39, 0.29) is 11.4 Å². The lowest BCUT2D eigenvalue weighted by molar-refractivity contribution is -0.137. The monoisotopic (exact) mass is 350 g/mol. The van der Waals surface area contributed by atoms with E-state index in [9.17, 15) is 27.6 Å². The highest BCUT2D eigenvalue weighted by Gasteiger charge is 2.38. The number of halogens is 3. The van der Waals surface area contributed by atoms with Gasteiger partial charge in [0.15, 0.2) is 0 Å². The number of benzene rings is 1. The fourth-order valence-corrected chi connectivity index (χ4v) is 2.23. The van der Waals surface area contributed by atoms with Crippen LogP contribution in [0.25, 0.3) is 6.08 Å². The zero-order valence-electron chi connectivity index (χ0n) is 12.3. The van der Waals surface area contributed by atoms with Crippen LogP contribution in [-0.4, -0.2) is 17.8 Å². The van der Waals surface area contributed by atoms with Gasteiger partial charge in [-0.15, -0.1) is 0 Å². The van der Waals surface area contributed by atoms with E-state index in [2.05, 4.69) is 0 Å². The predicted octanol–water partition coefficient (Wildman–Crippen LogP) is 2.96. The largest absolute Gasteiger partial charge is 0.465 e. The van der Waals surface area contributed by atoms with Crippen molar-refractivity contribution >= 4 is 29.6 Å². The second-order valence-electron chi connectivity index (χ2n) is 5.02. The number of rotatable bonds is 2. The summed E-state index contributed by atoms with van der Waals surface area (Å²) in [5, 5.41) is 1.92. The maximum atomic E-state index is 12.8. The Bertz CT molecular complexity index is 885. The molecule has 1 aromatic heterocycles. The van der Waals surface area contributed by atoms with Gasteiger partial charge in [-0.3, -0.25) is 14.9 Å². The molecule has 128 valence electrons. The van der Waals surface area contributed by atoms with Crippen molar-refractivity contribution < 1.29 is 32.0 Å². The molecule has 1 saturated heterocycles. The Morgan fingerprint density at radius 1 is 1.08 bits per heavy atom. The Morgan fingerprint density at radius 3 is 2.48 bits per heavy atom. The molecule has 0 unspecified atom stereocenters. The molecule has 1 aromatic carbocycles. The summed E-state index contributed by atoms with van der Waals surface area (Å²) in [6, 6.07) is 5.54. The van der Waals surface area contributed by atoms with Crippen molar-refractivity contribution in [3.05, 3.63) is 59.6 Å². The van der Waals surface area contributed by atoms with Gasteiger partial charge in [0, 0.05) is 0 Å². The summed E-state index contributed by atoms with van der Waals surface area (Å²) in [6.07, 6.45) is -2.23. The standard InChI is InChI=1S/C16H9F3N2O4/c17-16(18,19)9-3-1-4-10(7-9)21-14(23)12(13(22)20-15(21)24)8-11-5-2-6-25-11/h1-8H,(H,20,22,24)/b12-8-. The summed E-state index contributed by atoms with van der Waals surface area (Å²) in [4.78, 5) is 36.8. The van der Waals surface area contributed by atoms with Crippen molar-refractivity contribution in [3.8, 4) is 0 Å². The van der Waals surface area contributed by atoms with Crippen LogP contribution in [-0.2, 0) is 15.8 Å². The number of amides is 4. The summed E-state index contributed by atoms with van der Waals surface area (Å²) < 4.78 is 43.5. The molecular weight excluding hydrogens is 341 g/mol. The van der Waals surface area contributed by atoms with Crippen LogP contribution in [0.3, 0.4) is 0 Å². The first-order chi connectivity index (χ1) is 11.8. The Morgan fingerprint density at radius 2 is 1.84 bits per heavy atom. The molecule has 1 aliphatic rings. The van der Waals surface area contributed by atoms with E-state index in [1.54, 1.807) is 0 Å². The van der Waals surface area contributed by atoms with Crippen molar-refractivity contribution in [1.82, 2.24) is 5.32 Å².